The van der Waals surface area contributed by atoms with Crippen LogP contribution in [0, 0.1) is 0 Å². The lowest BCUT2D eigenvalue weighted by atomic mass is 10.0. The summed E-state index contributed by atoms with van der Waals surface area (Å²) in [7, 11) is 1.65. The molecule has 1 aromatic heterocycles. The van der Waals surface area contributed by atoms with Gasteiger partial charge < -0.3 is 10.5 Å². The number of nitrogens with two attached hydrogens (primary N) is 1. The Balaban J connectivity index is 2.54. The van der Waals surface area contributed by atoms with Crippen molar-refractivity contribution in [1.82, 2.24) is 9.97 Å². The molecule has 0 saturated heterocycles. The molecule has 2 rings (SSSR count). The number of nitrogens with zero attached hydrogens (tertiary/aromatic N) is 2. The Labute approximate surface area is 100 Å². The summed E-state index contributed by atoms with van der Waals surface area (Å²) in [6, 6.07) is 5.89. The molecule has 0 spiro atoms. The van der Waals surface area contributed by atoms with Crippen LogP contribution in [0.4, 0.5) is 0 Å². The van der Waals surface area contributed by atoms with Gasteiger partial charge >= 0.3 is 0 Å². The van der Waals surface area contributed by atoms with Gasteiger partial charge in [0.05, 0.1) is 7.11 Å². The van der Waals surface area contributed by atoms with Crippen molar-refractivity contribution in [2.45, 2.75) is 13.0 Å². The van der Waals surface area contributed by atoms with Crippen molar-refractivity contribution in [3.8, 4) is 16.9 Å². The third-order valence-electron chi connectivity index (χ3n) is 2.62. The first-order valence-electron chi connectivity index (χ1n) is 5.41. The topological polar surface area (TPSA) is 61.0 Å². The molecule has 2 N–H and O–H groups in total. The van der Waals surface area contributed by atoms with E-state index in [1.54, 1.807) is 19.5 Å². The van der Waals surface area contributed by atoms with Crippen LogP contribution in [0.5, 0.6) is 5.75 Å². The summed E-state index contributed by atoms with van der Waals surface area (Å²) in [5.74, 6) is 0.796. The van der Waals surface area contributed by atoms with Crippen LogP contribution in [0.15, 0.2) is 36.9 Å². The zero-order valence-electron chi connectivity index (χ0n) is 9.92. The number of hydrogen-bond donors (Lipinski definition) is 1. The summed E-state index contributed by atoms with van der Waals surface area (Å²) in [5.41, 5.74) is 8.82. The quantitative estimate of drug-likeness (QED) is 0.876. The van der Waals surface area contributed by atoms with Crippen LogP contribution in [0.3, 0.4) is 0 Å². The van der Waals surface area contributed by atoms with E-state index in [1.165, 1.54) is 6.33 Å². The summed E-state index contributed by atoms with van der Waals surface area (Å²) in [6.07, 6.45) is 5.02. The van der Waals surface area contributed by atoms with E-state index in [-0.39, 0.29) is 6.04 Å². The Hall–Kier alpha value is -1.94. The summed E-state index contributed by atoms with van der Waals surface area (Å²) in [5, 5.41) is 0. The highest BCUT2D eigenvalue weighted by atomic mass is 16.5. The van der Waals surface area contributed by atoms with E-state index in [0.29, 0.717) is 0 Å². The van der Waals surface area contributed by atoms with Gasteiger partial charge in [0, 0.05) is 29.6 Å². The van der Waals surface area contributed by atoms with Crippen LogP contribution in [0.2, 0.25) is 0 Å². The van der Waals surface area contributed by atoms with Gasteiger partial charge in [-0.05, 0) is 24.6 Å². The van der Waals surface area contributed by atoms with E-state index in [9.17, 15) is 0 Å². The Morgan fingerprint density at radius 1 is 1.24 bits per heavy atom. The van der Waals surface area contributed by atoms with Crippen molar-refractivity contribution in [1.29, 1.82) is 0 Å². The molecule has 4 heteroatoms. The Kier molecular flexibility index (Phi) is 3.35. The molecule has 4 nitrogen and oxygen atoms in total. The lowest BCUT2D eigenvalue weighted by Gasteiger charge is -2.12. The standard InChI is InChI=1S/C13H15N3O/c1-9(14)10-3-4-13(17-2)12(5-10)11-6-15-8-16-7-11/h3-9H,14H2,1-2H3. The monoisotopic (exact) mass is 229 g/mol. The maximum atomic E-state index is 5.88. The number of benzene rings is 1. The van der Waals surface area contributed by atoms with Crippen molar-refractivity contribution in [2.24, 2.45) is 5.73 Å². The van der Waals surface area contributed by atoms with Crippen LogP contribution < -0.4 is 10.5 Å². The normalized spacial score (nSPS) is 12.2. The first-order valence-corrected chi connectivity index (χ1v) is 5.41. The molecule has 1 unspecified atom stereocenters. The van der Waals surface area contributed by atoms with E-state index >= 15 is 0 Å². The Bertz CT molecular complexity index is 497. The molecule has 0 fully saturated rings. The highest BCUT2D eigenvalue weighted by Crippen LogP contribution is 2.31. The second kappa shape index (κ2) is 4.93. The number of hydrogen-bond acceptors (Lipinski definition) is 4. The van der Waals surface area contributed by atoms with Crippen molar-refractivity contribution in [3.63, 3.8) is 0 Å². The number of rotatable bonds is 3. The minimum atomic E-state index is -0.00992. The third kappa shape index (κ3) is 2.42. The van der Waals surface area contributed by atoms with Crippen molar-refractivity contribution in [2.75, 3.05) is 7.11 Å². The summed E-state index contributed by atoms with van der Waals surface area (Å²) in [4.78, 5) is 8.03. The van der Waals surface area contributed by atoms with Gasteiger partial charge in [-0.25, -0.2) is 9.97 Å². The van der Waals surface area contributed by atoms with Crippen molar-refractivity contribution < 1.29 is 4.74 Å². The molecule has 1 aromatic carbocycles. The molecule has 1 atom stereocenters. The minimum absolute atomic E-state index is 0.00992. The zero-order valence-corrected chi connectivity index (χ0v) is 9.92. The molecular formula is C13H15N3O. The summed E-state index contributed by atoms with van der Waals surface area (Å²) >= 11 is 0. The SMILES string of the molecule is COc1ccc(C(C)N)cc1-c1cncnc1. The van der Waals surface area contributed by atoms with Gasteiger partial charge in [0.1, 0.15) is 12.1 Å². The fourth-order valence-electron chi connectivity index (χ4n) is 1.67. The Morgan fingerprint density at radius 2 is 1.94 bits per heavy atom. The maximum Gasteiger partial charge on any atom is 0.126 e. The fourth-order valence-corrected chi connectivity index (χ4v) is 1.67. The summed E-state index contributed by atoms with van der Waals surface area (Å²) < 4.78 is 5.34. The predicted octanol–water partition coefficient (Wildman–Crippen LogP) is 2.17. The second-order valence-electron chi connectivity index (χ2n) is 3.88. The molecule has 0 saturated carbocycles. The molecule has 88 valence electrons. The molecular weight excluding hydrogens is 214 g/mol. The molecule has 17 heavy (non-hydrogen) atoms. The van der Waals surface area contributed by atoms with Gasteiger partial charge in [0.25, 0.3) is 0 Å². The molecule has 2 aromatic rings. The van der Waals surface area contributed by atoms with E-state index in [1.807, 2.05) is 25.1 Å². The largest absolute Gasteiger partial charge is 0.496 e. The van der Waals surface area contributed by atoms with Crippen molar-refractivity contribution >= 4 is 0 Å². The zero-order chi connectivity index (χ0) is 12.3. The van der Waals surface area contributed by atoms with Crippen LogP contribution in [-0.4, -0.2) is 17.1 Å². The minimum Gasteiger partial charge on any atom is -0.496 e. The van der Waals surface area contributed by atoms with Gasteiger partial charge in [-0.3, -0.25) is 0 Å². The van der Waals surface area contributed by atoms with E-state index in [2.05, 4.69) is 9.97 Å². The average Bonchev–Trinajstić information content (AvgIpc) is 2.39. The third-order valence-corrected chi connectivity index (χ3v) is 2.62. The molecule has 1 heterocycles. The first kappa shape index (κ1) is 11.5. The highest BCUT2D eigenvalue weighted by molar-refractivity contribution is 5.70. The number of ether oxygens (including phenoxy) is 1. The van der Waals surface area contributed by atoms with Gasteiger partial charge in [-0.15, -0.1) is 0 Å². The molecule has 0 aliphatic carbocycles. The van der Waals surface area contributed by atoms with E-state index in [4.69, 9.17) is 10.5 Å². The summed E-state index contributed by atoms with van der Waals surface area (Å²) in [6.45, 7) is 1.95. The Morgan fingerprint density at radius 3 is 2.53 bits per heavy atom. The maximum absolute atomic E-state index is 5.88. The highest BCUT2D eigenvalue weighted by Gasteiger charge is 2.09. The predicted molar refractivity (Wildman–Crippen MR) is 66.6 cm³/mol. The van der Waals surface area contributed by atoms with Crippen molar-refractivity contribution in [3.05, 3.63) is 42.5 Å². The second-order valence-corrected chi connectivity index (χ2v) is 3.88. The van der Waals surface area contributed by atoms with Crippen LogP contribution >= 0.6 is 0 Å². The van der Waals surface area contributed by atoms with Crippen LogP contribution in [0.1, 0.15) is 18.5 Å². The molecule has 0 amide bonds. The number of methoxy groups -OCH3 is 1. The molecule has 0 bridgehead atoms. The van der Waals surface area contributed by atoms with Gasteiger partial charge in [-0.2, -0.15) is 0 Å². The molecule has 0 aliphatic heterocycles. The number of aromatic nitrogens is 2. The average molecular weight is 229 g/mol. The molecule has 0 aliphatic rings. The smallest absolute Gasteiger partial charge is 0.126 e. The van der Waals surface area contributed by atoms with Crippen LogP contribution in [0.25, 0.3) is 11.1 Å². The first-order chi connectivity index (χ1) is 8.22. The van der Waals surface area contributed by atoms with E-state index < -0.39 is 0 Å². The van der Waals surface area contributed by atoms with E-state index in [0.717, 1.165) is 22.4 Å². The van der Waals surface area contributed by atoms with Gasteiger partial charge in [-0.1, -0.05) is 6.07 Å². The van der Waals surface area contributed by atoms with Gasteiger partial charge in [0.15, 0.2) is 0 Å². The van der Waals surface area contributed by atoms with Crippen LogP contribution in [-0.2, 0) is 0 Å². The molecule has 0 radical (unpaired) electrons. The van der Waals surface area contributed by atoms with Gasteiger partial charge in [0.2, 0.25) is 0 Å². The fraction of sp³-hybridized carbons (Fsp3) is 0.231. The lowest BCUT2D eigenvalue weighted by Crippen LogP contribution is -2.05. The lowest BCUT2D eigenvalue weighted by molar-refractivity contribution is 0.416.